The first-order valence-electron chi connectivity index (χ1n) is 10.4. The van der Waals surface area contributed by atoms with Crippen molar-refractivity contribution < 1.29 is 24.2 Å². The molecule has 0 aromatic heterocycles. The Morgan fingerprint density at radius 2 is 1.82 bits per heavy atom. The maximum Gasteiger partial charge on any atom is 0.264 e. The number of anilines is 1. The zero-order valence-corrected chi connectivity index (χ0v) is 18.3. The third-order valence-corrected chi connectivity index (χ3v) is 6.03. The van der Waals surface area contributed by atoms with Gasteiger partial charge in [-0.15, -0.1) is 0 Å². The molecule has 5 rings (SSSR count). The van der Waals surface area contributed by atoms with Crippen molar-refractivity contribution >= 4 is 35.1 Å². The maximum atomic E-state index is 13.3. The van der Waals surface area contributed by atoms with Crippen molar-refractivity contribution in [2.24, 2.45) is 0 Å². The van der Waals surface area contributed by atoms with Crippen molar-refractivity contribution in [2.75, 3.05) is 11.7 Å². The zero-order valence-electron chi connectivity index (χ0n) is 17.5. The van der Waals surface area contributed by atoms with Crippen molar-refractivity contribution in [1.82, 2.24) is 0 Å². The van der Waals surface area contributed by atoms with Gasteiger partial charge in [0, 0.05) is 10.6 Å². The van der Waals surface area contributed by atoms with Gasteiger partial charge in [0.05, 0.1) is 18.7 Å². The van der Waals surface area contributed by atoms with Crippen LogP contribution in [0.15, 0.2) is 72.8 Å². The molecule has 7 heteroatoms. The number of amides is 1. The molecule has 0 bridgehead atoms. The first-order valence-corrected chi connectivity index (χ1v) is 10.8. The number of nitrogens with zero attached hydrogens (tertiary/aromatic N) is 1. The molecule has 2 aliphatic rings. The summed E-state index contributed by atoms with van der Waals surface area (Å²) in [6.45, 7) is 0.430. The van der Waals surface area contributed by atoms with Crippen molar-refractivity contribution in [3.63, 3.8) is 0 Å². The fraction of sp³-hybridized carbons (Fsp3) is 0.154. The SMILES string of the molecule is O=C(/C=C\c1ccc2c(c1)OCO2)C[C@]1(O)C(=O)N(Cc2ccc(Cl)cc2)c2ccccc21. The monoisotopic (exact) mass is 461 g/mol. The average molecular weight is 462 g/mol. The van der Waals surface area contributed by atoms with Crippen LogP contribution < -0.4 is 14.4 Å². The van der Waals surface area contributed by atoms with Gasteiger partial charge in [-0.05, 0) is 47.5 Å². The first-order chi connectivity index (χ1) is 15.9. The van der Waals surface area contributed by atoms with Crippen LogP contribution in [0.4, 0.5) is 5.69 Å². The van der Waals surface area contributed by atoms with Gasteiger partial charge < -0.3 is 19.5 Å². The molecule has 0 unspecified atom stereocenters. The molecule has 1 atom stereocenters. The second kappa shape index (κ2) is 8.39. The number of hydrogen-bond donors (Lipinski definition) is 1. The summed E-state index contributed by atoms with van der Waals surface area (Å²) in [5.41, 5.74) is 0.698. The van der Waals surface area contributed by atoms with Gasteiger partial charge in [0.1, 0.15) is 0 Å². The summed E-state index contributed by atoms with van der Waals surface area (Å²) >= 11 is 5.96. The Hall–Kier alpha value is -3.61. The highest BCUT2D eigenvalue weighted by Gasteiger charge is 2.50. The number of hydrogen-bond acceptors (Lipinski definition) is 5. The van der Waals surface area contributed by atoms with Crippen LogP contribution in [0.5, 0.6) is 11.5 Å². The number of rotatable bonds is 6. The lowest BCUT2D eigenvalue weighted by atomic mass is 9.89. The van der Waals surface area contributed by atoms with Gasteiger partial charge >= 0.3 is 0 Å². The first kappa shape index (κ1) is 21.2. The second-order valence-electron chi connectivity index (χ2n) is 7.98. The molecule has 166 valence electrons. The van der Waals surface area contributed by atoms with Gasteiger partial charge in [0.15, 0.2) is 22.9 Å². The van der Waals surface area contributed by atoms with Crippen molar-refractivity contribution in [1.29, 1.82) is 0 Å². The molecule has 6 nitrogen and oxygen atoms in total. The lowest BCUT2D eigenvalue weighted by Crippen LogP contribution is -2.41. The quantitative estimate of drug-likeness (QED) is 0.548. The van der Waals surface area contributed by atoms with E-state index >= 15 is 0 Å². The fourth-order valence-corrected chi connectivity index (χ4v) is 4.25. The molecule has 3 aromatic rings. The Morgan fingerprint density at radius 3 is 2.64 bits per heavy atom. The van der Waals surface area contributed by atoms with E-state index < -0.39 is 11.5 Å². The van der Waals surface area contributed by atoms with E-state index in [0.717, 1.165) is 11.1 Å². The lowest BCUT2D eigenvalue weighted by molar-refractivity contribution is -0.140. The molecule has 0 spiro atoms. The average Bonchev–Trinajstić information content (AvgIpc) is 3.36. The number of fused-ring (bicyclic) bond motifs is 2. The van der Waals surface area contributed by atoms with Gasteiger partial charge in [-0.3, -0.25) is 9.59 Å². The number of para-hydroxylation sites is 1. The molecule has 0 fully saturated rings. The fourth-order valence-electron chi connectivity index (χ4n) is 4.12. The minimum atomic E-state index is -1.93. The highest BCUT2D eigenvalue weighted by atomic mass is 35.5. The van der Waals surface area contributed by atoms with Crippen LogP contribution in [0.3, 0.4) is 0 Å². The molecule has 33 heavy (non-hydrogen) atoms. The van der Waals surface area contributed by atoms with E-state index in [1.807, 2.05) is 12.1 Å². The third kappa shape index (κ3) is 3.99. The standard InChI is InChI=1S/C26H20ClNO5/c27-19-9-5-18(6-10-19)15-28-22-4-2-1-3-21(22)26(31,25(28)30)14-20(29)11-7-17-8-12-23-24(13-17)33-16-32-23/h1-13,31H,14-16H2/b11-7-/t26-/m1/s1. The third-order valence-electron chi connectivity index (χ3n) is 5.78. The largest absolute Gasteiger partial charge is 0.454 e. The Labute approximate surface area is 195 Å². The highest BCUT2D eigenvalue weighted by Crippen LogP contribution is 2.43. The van der Waals surface area contributed by atoms with Gasteiger partial charge in [-0.25, -0.2) is 0 Å². The normalized spacial score (nSPS) is 18.7. The van der Waals surface area contributed by atoms with E-state index in [4.69, 9.17) is 21.1 Å². The van der Waals surface area contributed by atoms with E-state index in [0.29, 0.717) is 27.8 Å². The smallest absolute Gasteiger partial charge is 0.264 e. The summed E-state index contributed by atoms with van der Waals surface area (Å²) in [4.78, 5) is 27.6. The molecule has 0 radical (unpaired) electrons. The Balaban J connectivity index is 1.37. The van der Waals surface area contributed by atoms with E-state index in [1.54, 1.807) is 60.7 Å². The van der Waals surface area contributed by atoms with Crippen LogP contribution in [0.2, 0.25) is 5.02 Å². The molecule has 0 saturated heterocycles. The van der Waals surface area contributed by atoms with Crippen LogP contribution in [0.1, 0.15) is 23.1 Å². The topological polar surface area (TPSA) is 76.1 Å². The van der Waals surface area contributed by atoms with E-state index in [1.165, 1.54) is 11.0 Å². The number of aliphatic hydroxyl groups is 1. The van der Waals surface area contributed by atoms with Gasteiger partial charge in [-0.2, -0.15) is 0 Å². The van der Waals surface area contributed by atoms with E-state index in [2.05, 4.69) is 0 Å². The number of halogens is 1. The second-order valence-corrected chi connectivity index (χ2v) is 8.42. The maximum absolute atomic E-state index is 13.3. The molecular formula is C26H20ClNO5. The van der Waals surface area contributed by atoms with Crippen LogP contribution in [0.25, 0.3) is 6.08 Å². The molecule has 3 aromatic carbocycles. The van der Waals surface area contributed by atoms with Crippen molar-refractivity contribution in [2.45, 2.75) is 18.6 Å². The van der Waals surface area contributed by atoms with Crippen LogP contribution in [-0.4, -0.2) is 23.6 Å². The van der Waals surface area contributed by atoms with E-state index in [9.17, 15) is 14.7 Å². The number of ketones is 1. The summed E-state index contributed by atoms with van der Waals surface area (Å²) < 4.78 is 10.6. The van der Waals surface area contributed by atoms with Crippen LogP contribution in [0, 0.1) is 0 Å². The summed E-state index contributed by atoms with van der Waals surface area (Å²) in [6.07, 6.45) is 2.64. The summed E-state index contributed by atoms with van der Waals surface area (Å²) in [5.74, 6) is 0.373. The Kier molecular flexibility index (Phi) is 5.40. The molecule has 1 amide bonds. The molecule has 2 aliphatic heterocycles. The number of benzene rings is 3. The minimum Gasteiger partial charge on any atom is -0.454 e. The summed E-state index contributed by atoms with van der Waals surface area (Å²) in [6, 6.07) is 19.5. The van der Waals surface area contributed by atoms with E-state index in [-0.39, 0.29) is 25.5 Å². The lowest BCUT2D eigenvalue weighted by Gasteiger charge is -2.22. The van der Waals surface area contributed by atoms with Crippen molar-refractivity contribution in [3.8, 4) is 11.5 Å². The number of carbonyl (C=O) groups excluding carboxylic acids is 2. The van der Waals surface area contributed by atoms with Gasteiger partial charge in [0.25, 0.3) is 5.91 Å². The molecule has 1 N–H and O–H groups in total. The Morgan fingerprint density at radius 1 is 1.06 bits per heavy atom. The minimum absolute atomic E-state index is 0.169. The van der Waals surface area contributed by atoms with Crippen LogP contribution in [-0.2, 0) is 21.7 Å². The van der Waals surface area contributed by atoms with Gasteiger partial charge in [0.2, 0.25) is 6.79 Å². The Bertz CT molecular complexity index is 1270. The zero-order chi connectivity index (χ0) is 23.0. The summed E-state index contributed by atoms with van der Waals surface area (Å²) in [7, 11) is 0. The molecule has 0 aliphatic carbocycles. The molecule has 0 saturated carbocycles. The number of ether oxygens (including phenoxy) is 2. The van der Waals surface area contributed by atoms with Crippen LogP contribution >= 0.6 is 11.6 Å². The molecular weight excluding hydrogens is 442 g/mol. The number of allylic oxidation sites excluding steroid dienone is 1. The predicted molar refractivity (Wildman–Crippen MR) is 124 cm³/mol. The summed E-state index contributed by atoms with van der Waals surface area (Å²) in [5, 5.41) is 12.0. The predicted octanol–water partition coefficient (Wildman–Crippen LogP) is 4.48. The van der Waals surface area contributed by atoms with Crippen molar-refractivity contribution in [3.05, 3.63) is 94.5 Å². The van der Waals surface area contributed by atoms with Gasteiger partial charge in [-0.1, -0.05) is 54.1 Å². The number of carbonyl (C=O) groups is 2. The highest BCUT2D eigenvalue weighted by molar-refractivity contribution is 6.30. The molecule has 2 heterocycles.